The highest BCUT2D eigenvalue weighted by Crippen LogP contribution is 2.23. The number of allylic oxidation sites excluding steroid dienone is 2. The molecular weight excluding hydrogens is 362 g/mol. The van der Waals surface area contributed by atoms with Gasteiger partial charge in [0.1, 0.15) is 29.6 Å². The van der Waals surface area contributed by atoms with Gasteiger partial charge >= 0.3 is 5.97 Å². The van der Waals surface area contributed by atoms with Crippen molar-refractivity contribution in [3.63, 3.8) is 0 Å². The average molecular weight is 387 g/mol. The Balaban J connectivity index is 1.96. The lowest BCUT2D eigenvalue weighted by atomic mass is 10.2. The van der Waals surface area contributed by atoms with Gasteiger partial charge in [0.2, 0.25) is 11.6 Å². The highest BCUT2D eigenvalue weighted by atomic mass is 16.5. The number of fused-ring (bicyclic) bond motifs is 1. The minimum absolute atomic E-state index is 0.0494. The zero-order chi connectivity index (χ0) is 20.3. The number of aryl methyl sites for hydroxylation is 1. The maximum atomic E-state index is 13.0. The van der Waals surface area contributed by atoms with Gasteiger partial charge in [-0.05, 0) is 39.5 Å². The van der Waals surface area contributed by atoms with E-state index in [0.717, 1.165) is 31.4 Å². The summed E-state index contributed by atoms with van der Waals surface area (Å²) in [6.07, 6.45) is 7.06. The van der Waals surface area contributed by atoms with Crippen LogP contribution in [0.1, 0.15) is 55.6 Å². The van der Waals surface area contributed by atoms with E-state index in [9.17, 15) is 14.4 Å². The lowest BCUT2D eigenvalue weighted by molar-refractivity contribution is -0.130. The third kappa shape index (κ3) is 3.72. The largest absolute Gasteiger partial charge is 0.462 e. The molecule has 1 amide bonds. The van der Waals surface area contributed by atoms with Gasteiger partial charge in [-0.2, -0.15) is 0 Å². The molecule has 0 aliphatic heterocycles. The highest BCUT2D eigenvalue weighted by Gasteiger charge is 2.25. The molecule has 0 fully saturated rings. The number of aromatic nitrogens is 2. The van der Waals surface area contributed by atoms with Gasteiger partial charge in [0.25, 0.3) is 5.56 Å². The van der Waals surface area contributed by atoms with Gasteiger partial charge in [0.05, 0.1) is 6.61 Å². The van der Waals surface area contributed by atoms with E-state index in [2.05, 4.69) is 11.1 Å². The van der Waals surface area contributed by atoms with Crippen LogP contribution in [-0.2, 0) is 16.1 Å². The van der Waals surface area contributed by atoms with E-state index in [4.69, 9.17) is 9.15 Å². The number of ether oxygens (including phenoxy) is 1. The molecule has 2 heterocycles. The lowest BCUT2D eigenvalue weighted by Gasteiger charge is -2.23. The quantitative estimate of drug-likeness (QED) is 0.678. The Hall–Kier alpha value is -2.90. The summed E-state index contributed by atoms with van der Waals surface area (Å²) in [5, 5.41) is 0.0494. The molecule has 0 N–H and O–H groups in total. The summed E-state index contributed by atoms with van der Waals surface area (Å²) in [6, 6.07) is 0. The van der Waals surface area contributed by atoms with Crippen molar-refractivity contribution in [2.75, 3.05) is 13.2 Å². The predicted octanol–water partition coefficient (Wildman–Crippen LogP) is 2.78. The fraction of sp³-hybridized carbons (Fsp3) is 0.500. The van der Waals surface area contributed by atoms with Crippen LogP contribution in [0.4, 0.5) is 0 Å². The van der Waals surface area contributed by atoms with Gasteiger partial charge in [0.15, 0.2) is 0 Å². The van der Waals surface area contributed by atoms with Crippen molar-refractivity contribution in [1.29, 1.82) is 0 Å². The first-order valence-electron chi connectivity index (χ1n) is 9.62. The summed E-state index contributed by atoms with van der Waals surface area (Å²) in [5.41, 5.74) is 0.661. The molecule has 0 unspecified atom stereocenters. The van der Waals surface area contributed by atoms with Crippen molar-refractivity contribution >= 4 is 23.0 Å². The summed E-state index contributed by atoms with van der Waals surface area (Å²) >= 11 is 0. The van der Waals surface area contributed by atoms with Crippen molar-refractivity contribution < 1.29 is 18.7 Å². The smallest absolute Gasteiger partial charge is 0.342 e. The van der Waals surface area contributed by atoms with Crippen molar-refractivity contribution in [2.24, 2.45) is 0 Å². The Labute approximate surface area is 162 Å². The molecule has 0 atom stereocenters. The number of hydrogen-bond acceptors (Lipinski definition) is 6. The normalized spacial score (nSPS) is 13.6. The summed E-state index contributed by atoms with van der Waals surface area (Å²) in [4.78, 5) is 44.0. The van der Waals surface area contributed by atoms with Crippen molar-refractivity contribution in [1.82, 2.24) is 14.5 Å². The molecule has 3 rings (SSSR count). The molecule has 0 saturated heterocycles. The predicted molar refractivity (Wildman–Crippen MR) is 103 cm³/mol. The maximum Gasteiger partial charge on any atom is 0.342 e. The van der Waals surface area contributed by atoms with Crippen LogP contribution >= 0.6 is 0 Å². The number of carbonyl (C=O) groups excluding carboxylic acids is 2. The topological polar surface area (TPSA) is 94.6 Å². The number of furan rings is 1. The zero-order valence-corrected chi connectivity index (χ0v) is 16.5. The van der Waals surface area contributed by atoms with Gasteiger partial charge in [-0.1, -0.05) is 13.0 Å². The van der Waals surface area contributed by atoms with E-state index in [0.29, 0.717) is 6.54 Å². The number of rotatable bonds is 7. The second-order valence-corrected chi connectivity index (χ2v) is 6.74. The number of carbonyl (C=O) groups is 2. The van der Waals surface area contributed by atoms with E-state index in [1.54, 1.807) is 18.7 Å². The van der Waals surface area contributed by atoms with E-state index in [-0.39, 0.29) is 41.5 Å². The minimum atomic E-state index is -0.634. The Kier molecular flexibility index (Phi) is 5.96. The fourth-order valence-electron chi connectivity index (χ4n) is 3.48. The van der Waals surface area contributed by atoms with Crippen LogP contribution in [0.15, 0.2) is 27.3 Å². The SMILES string of the molecule is CCCN(C(=O)Cn1cnc2oc(C)c(C(=O)OCC)c2c1=O)C1=CCCC1. The fourth-order valence-corrected chi connectivity index (χ4v) is 3.48. The molecule has 0 spiro atoms. The summed E-state index contributed by atoms with van der Waals surface area (Å²) in [5.74, 6) is -0.535. The first-order valence-corrected chi connectivity index (χ1v) is 9.62. The van der Waals surface area contributed by atoms with Crippen molar-refractivity contribution in [2.45, 2.75) is 53.0 Å². The second kappa shape index (κ2) is 8.41. The molecular formula is C20H25N3O5. The van der Waals surface area contributed by atoms with Crippen LogP contribution < -0.4 is 5.56 Å². The molecule has 2 aromatic rings. The lowest BCUT2D eigenvalue weighted by Crippen LogP contribution is -2.36. The number of amides is 1. The van der Waals surface area contributed by atoms with Gasteiger partial charge < -0.3 is 14.1 Å². The summed E-state index contributed by atoms with van der Waals surface area (Å²) < 4.78 is 11.7. The molecule has 150 valence electrons. The highest BCUT2D eigenvalue weighted by molar-refractivity contribution is 6.03. The molecule has 8 nitrogen and oxygen atoms in total. The monoisotopic (exact) mass is 387 g/mol. The Morgan fingerprint density at radius 1 is 1.36 bits per heavy atom. The number of esters is 1. The molecule has 28 heavy (non-hydrogen) atoms. The van der Waals surface area contributed by atoms with Crippen molar-refractivity contribution in [3.05, 3.63) is 39.8 Å². The minimum Gasteiger partial charge on any atom is -0.462 e. The zero-order valence-electron chi connectivity index (χ0n) is 16.5. The van der Waals surface area contributed by atoms with Crippen LogP contribution in [0.25, 0.3) is 11.1 Å². The van der Waals surface area contributed by atoms with Gasteiger partial charge in [-0.15, -0.1) is 0 Å². The number of hydrogen-bond donors (Lipinski definition) is 0. The first kappa shape index (κ1) is 19.9. The van der Waals surface area contributed by atoms with E-state index in [1.165, 1.54) is 10.9 Å². The third-order valence-electron chi connectivity index (χ3n) is 4.75. The van der Waals surface area contributed by atoms with Gasteiger partial charge in [-0.3, -0.25) is 14.2 Å². The second-order valence-electron chi connectivity index (χ2n) is 6.74. The first-order chi connectivity index (χ1) is 13.5. The molecule has 0 aromatic carbocycles. The molecule has 8 heteroatoms. The van der Waals surface area contributed by atoms with Crippen LogP contribution in [0.5, 0.6) is 0 Å². The Morgan fingerprint density at radius 3 is 2.79 bits per heavy atom. The summed E-state index contributed by atoms with van der Waals surface area (Å²) in [7, 11) is 0. The van der Waals surface area contributed by atoms with E-state index >= 15 is 0 Å². The van der Waals surface area contributed by atoms with E-state index < -0.39 is 11.5 Å². The van der Waals surface area contributed by atoms with Crippen LogP contribution in [0.2, 0.25) is 0 Å². The molecule has 0 bridgehead atoms. The maximum absolute atomic E-state index is 13.0. The molecule has 0 saturated carbocycles. The molecule has 2 aromatic heterocycles. The third-order valence-corrected chi connectivity index (χ3v) is 4.75. The molecule has 0 radical (unpaired) electrons. The average Bonchev–Trinajstić information content (AvgIpc) is 3.29. The van der Waals surface area contributed by atoms with Crippen LogP contribution in [-0.4, -0.2) is 39.5 Å². The molecule has 1 aliphatic rings. The van der Waals surface area contributed by atoms with Gasteiger partial charge in [-0.25, -0.2) is 9.78 Å². The van der Waals surface area contributed by atoms with Crippen LogP contribution in [0.3, 0.4) is 0 Å². The standard InChI is InChI=1S/C20H25N3O5/c1-4-10-23(14-8-6-7-9-14)15(24)11-22-12-21-18-17(19(22)25)16(13(3)28-18)20(26)27-5-2/h8,12H,4-7,9-11H2,1-3H3. The Bertz CT molecular complexity index is 986. The Morgan fingerprint density at radius 2 is 2.14 bits per heavy atom. The summed E-state index contributed by atoms with van der Waals surface area (Å²) in [6.45, 7) is 5.91. The van der Waals surface area contributed by atoms with Gasteiger partial charge in [0, 0.05) is 12.2 Å². The van der Waals surface area contributed by atoms with E-state index in [1.807, 2.05) is 6.92 Å². The number of nitrogens with zero attached hydrogens (tertiary/aromatic N) is 3. The molecule has 1 aliphatic carbocycles. The van der Waals surface area contributed by atoms with Crippen LogP contribution in [0, 0.1) is 6.92 Å². The van der Waals surface area contributed by atoms with Crippen molar-refractivity contribution in [3.8, 4) is 0 Å².